The number of nitrogens with two attached hydrogens (primary N) is 1. The molecule has 0 radical (unpaired) electrons. The maximum absolute atomic E-state index is 12.8. The van der Waals surface area contributed by atoms with Gasteiger partial charge in [-0.25, -0.2) is 15.4 Å². The van der Waals surface area contributed by atoms with Gasteiger partial charge < -0.3 is 19.0 Å². The smallest absolute Gasteiger partial charge is 0.382 e. The van der Waals surface area contributed by atoms with Gasteiger partial charge >= 0.3 is 11.9 Å². The molecule has 0 atom stereocenters. The SMILES string of the molecule is N#Cc1c(O)ccc(C(=O)OC(=O)c2occc2-c2cccc(OCc3ccncc3)c2)c1C(=O)NN. The molecular weight excluding hydrogens is 480 g/mol. The van der Waals surface area contributed by atoms with Crippen LogP contribution in [0.2, 0.25) is 0 Å². The van der Waals surface area contributed by atoms with Gasteiger partial charge in [-0.15, -0.1) is 0 Å². The summed E-state index contributed by atoms with van der Waals surface area (Å²) in [7, 11) is 0. The molecule has 0 aliphatic carbocycles. The number of carbonyl (C=O) groups is 3. The minimum Gasteiger partial charge on any atom is -0.507 e. The van der Waals surface area contributed by atoms with Crippen molar-refractivity contribution >= 4 is 17.8 Å². The third-order valence-corrected chi connectivity index (χ3v) is 5.21. The molecule has 0 spiro atoms. The molecule has 11 nitrogen and oxygen atoms in total. The van der Waals surface area contributed by atoms with E-state index in [0.29, 0.717) is 23.5 Å². The number of carbonyl (C=O) groups excluding carboxylic acids is 3. The molecule has 0 saturated heterocycles. The third-order valence-electron chi connectivity index (χ3n) is 5.21. The molecule has 4 rings (SSSR count). The van der Waals surface area contributed by atoms with E-state index in [1.165, 1.54) is 12.3 Å². The Labute approximate surface area is 209 Å². The van der Waals surface area contributed by atoms with E-state index < -0.39 is 40.3 Å². The highest BCUT2D eigenvalue weighted by Crippen LogP contribution is 2.30. The van der Waals surface area contributed by atoms with Crippen LogP contribution in [0.5, 0.6) is 11.5 Å². The summed E-state index contributed by atoms with van der Waals surface area (Å²) < 4.78 is 16.0. The molecule has 11 heteroatoms. The molecule has 4 N–H and O–H groups in total. The van der Waals surface area contributed by atoms with Crippen molar-refractivity contribution in [3.05, 3.63) is 101 Å². The largest absolute Gasteiger partial charge is 0.507 e. The molecular formula is C26H18N4O7. The highest BCUT2D eigenvalue weighted by atomic mass is 16.6. The van der Waals surface area contributed by atoms with Gasteiger partial charge in [0.05, 0.1) is 17.4 Å². The number of furan rings is 1. The number of aromatic nitrogens is 1. The number of nitriles is 1. The fourth-order valence-electron chi connectivity index (χ4n) is 3.46. The second kappa shape index (κ2) is 10.9. The molecule has 0 saturated carbocycles. The Hall–Kier alpha value is -5.47. The molecule has 184 valence electrons. The normalized spacial score (nSPS) is 10.3. The number of ether oxygens (including phenoxy) is 2. The van der Waals surface area contributed by atoms with Crippen molar-refractivity contribution in [1.82, 2.24) is 10.4 Å². The standard InChI is InChI=1S/C26H18N4O7/c27-13-20-21(31)5-4-19(22(20)24(32)30-28)25(33)37-26(34)23-18(8-11-35-23)16-2-1-3-17(12-16)36-14-15-6-9-29-10-7-15/h1-12,31H,14,28H2,(H,30,32). The van der Waals surface area contributed by atoms with E-state index in [-0.39, 0.29) is 5.76 Å². The van der Waals surface area contributed by atoms with Gasteiger partial charge in [0.1, 0.15) is 29.7 Å². The number of aromatic hydroxyl groups is 1. The fraction of sp³-hybridized carbons (Fsp3) is 0.0385. The zero-order chi connectivity index (χ0) is 26.4. The van der Waals surface area contributed by atoms with E-state index in [1.807, 2.05) is 12.1 Å². The number of nitrogens with one attached hydrogen (secondary N) is 1. The molecule has 0 unspecified atom stereocenters. The molecule has 0 aliphatic rings. The second-order valence-electron chi connectivity index (χ2n) is 7.48. The van der Waals surface area contributed by atoms with Crippen LogP contribution < -0.4 is 16.0 Å². The summed E-state index contributed by atoms with van der Waals surface area (Å²) in [6, 6.07) is 15.7. The van der Waals surface area contributed by atoms with Crippen LogP contribution in [0.1, 0.15) is 42.4 Å². The number of hydrogen-bond acceptors (Lipinski definition) is 10. The lowest BCUT2D eigenvalue weighted by Gasteiger charge is -2.11. The summed E-state index contributed by atoms with van der Waals surface area (Å²) in [5, 5.41) is 19.2. The number of amides is 1. The lowest BCUT2D eigenvalue weighted by molar-refractivity contribution is 0.0374. The van der Waals surface area contributed by atoms with Gasteiger partial charge in [0.15, 0.2) is 0 Å². The number of pyridine rings is 1. The van der Waals surface area contributed by atoms with Crippen molar-refractivity contribution in [2.75, 3.05) is 0 Å². The van der Waals surface area contributed by atoms with E-state index in [0.717, 1.165) is 17.7 Å². The van der Waals surface area contributed by atoms with Gasteiger partial charge in [0.25, 0.3) is 5.91 Å². The maximum Gasteiger partial charge on any atom is 0.382 e. The van der Waals surface area contributed by atoms with Crippen molar-refractivity contribution in [2.45, 2.75) is 6.61 Å². The average Bonchev–Trinajstić information content (AvgIpc) is 3.42. The number of nitrogens with zero attached hydrogens (tertiary/aromatic N) is 2. The lowest BCUT2D eigenvalue weighted by atomic mass is 10.00. The first-order valence-electron chi connectivity index (χ1n) is 10.7. The highest BCUT2D eigenvalue weighted by Gasteiger charge is 2.28. The Morgan fingerprint density at radius 2 is 1.86 bits per heavy atom. The number of phenolic OH excluding ortho intramolecular Hbond substituents is 1. The summed E-state index contributed by atoms with van der Waals surface area (Å²) in [6.45, 7) is 0.302. The maximum atomic E-state index is 12.8. The van der Waals surface area contributed by atoms with Crippen LogP contribution in [0.3, 0.4) is 0 Å². The predicted molar refractivity (Wildman–Crippen MR) is 127 cm³/mol. The van der Waals surface area contributed by atoms with E-state index in [2.05, 4.69) is 4.98 Å². The van der Waals surface area contributed by atoms with Crippen LogP contribution in [0, 0.1) is 11.3 Å². The van der Waals surface area contributed by atoms with E-state index in [4.69, 9.17) is 19.7 Å². The summed E-state index contributed by atoms with van der Waals surface area (Å²) in [6.07, 6.45) is 4.57. The number of phenols is 1. The van der Waals surface area contributed by atoms with E-state index >= 15 is 0 Å². The number of nitrogen functional groups attached to an aromatic ring is 1. The molecule has 0 bridgehead atoms. The second-order valence-corrected chi connectivity index (χ2v) is 7.48. The third kappa shape index (κ3) is 5.29. The van der Waals surface area contributed by atoms with Crippen LogP contribution in [0.25, 0.3) is 11.1 Å². The minimum absolute atomic E-state index is 0.274. The molecule has 1 amide bonds. The van der Waals surface area contributed by atoms with Gasteiger partial charge in [-0.2, -0.15) is 5.26 Å². The minimum atomic E-state index is -1.25. The Bertz CT molecular complexity index is 1520. The fourth-order valence-corrected chi connectivity index (χ4v) is 3.46. The molecule has 37 heavy (non-hydrogen) atoms. The molecule has 0 fully saturated rings. The molecule has 0 aliphatic heterocycles. The Morgan fingerprint density at radius 1 is 1.08 bits per heavy atom. The van der Waals surface area contributed by atoms with Crippen molar-refractivity contribution in [3.63, 3.8) is 0 Å². The van der Waals surface area contributed by atoms with Crippen LogP contribution in [-0.2, 0) is 11.3 Å². The van der Waals surface area contributed by atoms with Crippen molar-refractivity contribution in [2.24, 2.45) is 5.84 Å². The van der Waals surface area contributed by atoms with Gasteiger partial charge in [-0.05, 0) is 53.6 Å². The highest BCUT2D eigenvalue weighted by molar-refractivity contribution is 6.11. The molecule has 2 aromatic heterocycles. The number of benzene rings is 2. The number of hydrazine groups is 1. The summed E-state index contributed by atoms with van der Waals surface area (Å²) >= 11 is 0. The topological polar surface area (TPSA) is 178 Å². The summed E-state index contributed by atoms with van der Waals surface area (Å²) in [5.74, 6) is 1.41. The number of esters is 2. The zero-order valence-electron chi connectivity index (χ0n) is 19.0. The zero-order valence-corrected chi connectivity index (χ0v) is 19.0. The van der Waals surface area contributed by atoms with E-state index in [1.54, 1.807) is 48.2 Å². The number of rotatable bonds is 7. The monoisotopic (exact) mass is 498 g/mol. The predicted octanol–water partition coefficient (Wildman–Crippen LogP) is 3.10. The van der Waals surface area contributed by atoms with Crippen LogP contribution >= 0.6 is 0 Å². The number of hydrogen-bond donors (Lipinski definition) is 3. The molecule has 2 aromatic carbocycles. The van der Waals surface area contributed by atoms with Crippen molar-refractivity contribution in [1.29, 1.82) is 5.26 Å². The first-order valence-corrected chi connectivity index (χ1v) is 10.7. The first-order chi connectivity index (χ1) is 17.9. The van der Waals surface area contributed by atoms with E-state index in [9.17, 15) is 24.8 Å². The van der Waals surface area contributed by atoms with Gasteiger partial charge in [-0.3, -0.25) is 15.2 Å². The van der Waals surface area contributed by atoms with Gasteiger partial charge in [0.2, 0.25) is 5.76 Å². The summed E-state index contributed by atoms with van der Waals surface area (Å²) in [4.78, 5) is 41.7. The quantitative estimate of drug-likeness (QED) is 0.113. The first kappa shape index (κ1) is 24.6. The Morgan fingerprint density at radius 3 is 2.59 bits per heavy atom. The molecule has 4 aromatic rings. The lowest BCUT2D eigenvalue weighted by Crippen LogP contribution is -2.32. The van der Waals surface area contributed by atoms with Crippen LogP contribution in [0.4, 0.5) is 0 Å². The van der Waals surface area contributed by atoms with Crippen molar-refractivity contribution in [3.8, 4) is 28.7 Å². The van der Waals surface area contributed by atoms with Gasteiger partial charge in [0, 0.05) is 18.0 Å². The van der Waals surface area contributed by atoms with Crippen LogP contribution in [-0.4, -0.2) is 27.9 Å². The van der Waals surface area contributed by atoms with Crippen LogP contribution in [0.15, 0.2) is 77.7 Å². The van der Waals surface area contributed by atoms with Crippen molar-refractivity contribution < 1.29 is 33.4 Å². The molecule has 2 heterocycles. The average molecular weight is 498 g/mol. The summed E-state index contributed by atoms with van der Waals surface area (Å²) in [5.41, 5.74) is 2.09. The Balaban J connectivity index is 1.56. The van der Waals surface area contributed by atoms with Gasteiger partial charge in [-0.1, -0.05) is 12.1 Å². The Kier molecular flexibility index (Phi) is 7.23.